The van der Waals surface area contributed by atoms with Crippen LogP contribution in [0.2, 0.25) is 0 Å². The molecule has 0 rings (SSSR count). The van der Waals surface area contributed by atoms with Crippen LogP contribution in [0.1, 0.15) is 13.3 Å². The Kier molecular flexibility index (Phi) is 6.06. The number of carbonyl (C=O) groups is 2. The summed E-state index contributed by atoms with van der Waals surface area (Å²) in [5, 5.41) is 19.3. The molecular formula is C9H14N2O4. The van der Waals surface area contributed by atoms with Crippen LogP contribution in [0.3, 0.4) is 0 Å². The van der Waals surface area contributed by atoms with E-state index < -0.39 is 24.5 Å². The van der Waals surface area contributed by atoms with Crippen molar-refractivity contribution in [3.05, 3.63) is 0 Å². The fourth-order valence-corrected chi connectivity index (χ4v) is 1.04. The second-order valence-electron chi connectivity index (χ2n) is 3.07. The predicted octanol–water partition coefficient (Wildman–Crippen LogP) is -0.814. The summed E-state index contributed by atoms with van der Waals surface area (Å²) in [7, 11) is 1.19. The Morgan fingerprint density at radius 1 is 1.60 bits per heavy atom. The number of aliphatic hydroxyl groups is 1. The van der Waals surface area contributed by atoms with Crippen LogP contribution >= 0.6 is 0 Å². The number of esters is 1. The van der Waals surface area contributed by atoms with Crippen LogP contribution in [0.5, 0.6) is 0 Å². The van der Waals surface area contributed by atoms with E-state index in [4.69, 9.17) is 10.4 Å². The fraction of sp³-hybridized carbons (Fsp3) is 0.667. The highest BCUT2D eigenvalue weighted by atomic mass is 16.5. The molecular weight excluding hydrogens is 200 g/mol. The van der Waals surface area contributed by atoms with Gasteiger partial charge < -0.3 is 15.2 Å². The van der Waals surface area contributed by atoms with Crippen LogP contribution in [-0.4, -0.2) is 36.7 Å². The maximum Gasteiger partial charge on any atom is 0.328 e. The van der Waals surface area contributed by atoms with Crippen molar-refractivity contribution in [2.75, 3.05) is 13.7 Å². The number of nitriles is 1. The molecule has 0 aliphatic rings. The van der Waals surface area contributed by atoms with E-state index in [-0.39, 0.29) is 12.3 Å². The Balaban J connectivity index is 4.51. The minimum Gasteiger partial charge on any atom is -0.467 e. The Hall–Kier alpha value is -1.61. The summed E-state index contributed by atoms with van der Waals surface area (Å²) in [6.07, 6.45) is 0.117. The molecule has 84 valence electrons. The Morgan fingerprint density at radius 2 is 2.20 bits per heavy atom. The van der Waals surface area contributed by atoms with E-state index in [2.05, 4.69) is 10.1 Å². The van der Waals surface area contributed by atoms with E-state index in [0.29, 0.717) is 0 Å². The molecule has 0 aromatic carbocycles. The molecule has 0 unspecified atom stereocenters. The van der Waals surface area contributed by atoms with Crippen molar-refractivity contribution < 1.29 is 19.4 Å². The summed E-state index contributed by atoms with van der Waals surface area (Å²) in [5.74, 6) is -1.66. The van der Waals surface area contributed by atoms with Gasteiger partial charge in [-0.2, -0.15) is 5.26 Å². The van der Waals surface area contributed by atoms with E-state index in [1.807, 2.05) is 6.07 Å². The first kappa shape index (κ1) is 13.4. The quantitative estimate of drug-likeness (QED) is 0.583. The standard InChI is InChI=1S/C9H14N2O4/c1-6(3-4-10)8(9(14)15-2)11-7(13)5-12/h6,8,12H,3,5H2,1-2H3,(H,11,13)/t6-,8+/m1/s1. The summed E-state index contributed by atoms with van der Waals surface area (Å²) < 4.78 is 4.48. The number of carbonyl (C=O) groups excluding carboxylic acids is 2. The van der Waals surface area contributed by atoms with Gasteiger partial charge in [0.1, 0.15) is 12.6 Å². The van der Waals surface area contributed by atoms with Gasteiger partial charge in [-0.05, 0) is 0 Å². The first-order valence-corrected chi connectivity index (χ1v) is 4.41. The largest absolute Gasteiger partial charge is 0.467 e. The number of rotatable bonds is 5. The lowest BCUT2D eigenvalue weighted by Crippen LogP contribution is -2.46. The van der Waals surface area contributed by atoms with Gasteiger partial charge in [-0.3, -0.25) is 4.79 Å². The molecule has 1 amide bonds. The summed E-state index contributed by atoms with van der Waals surface area (Å²) in [6.45, 7) is 0.940. The number of ether oxygens (including phenoxy) is 1. The zero-order valence-corrected chi connectivity index (χ0v) is 8.69. The molecule has 0 aromatic rings. The van der Waals surface area contributed by atoms with Crippen molar-refractivity contribution in [2.45, 2.75) is 19.4 Å². The molecule has 0 saturated carbocycles. The molecule has 0 fully saturated rings. The number of amides is 1. The Labute approximate surface area is 87.8 Å². The van der Waals surface area contributed by atoms with Gasteiger partial charge in [0.25, 0.3) is 0 Å². The van der Waals surface area contributed by atoms with Crippen LogP contribution in [0.25, 0.3) is 0 Å². The molecule has 0 saturated heterocycles. The fourth-order valence-electron chi connectivity index (χ4n) is 1.04. The molecule has 0 aliphatic carbocycles. The third-order valence-electron chi connectivity index (χ3n) is 1.90. The molecule has 6 heteroatoms. The minimum atomic E-state index is -0.894. The zero-order valence-electron chi connectivity index (χ0n) is 8.69. The predicted molar refractivity (Wildman–Crippen MR) is 50.4 cm³/mol. The maximum absolute atomic E-state index is 11.3. The van der Waals surface area contributed by atoms with Gasteiger partial charge in [-0.25, -0.2) is 4.79 Å². The smallest absolute Gasteiger partial charge is 0.328 e. The SMILES string of the molecule is COC(=O)[C@@H](NC(=O)CO)[C@H](C)CC#N. The maximum atomic E-state index is 11.3. The molecule has 2 N–H and O–H groups in total. The summed E-state index contributed by atoms with van der Waals surface area (Å²) in [4.78, 5) is 22.2. The lowest BCUT2D eigenvalue weighted by molar-refractivity contribution is -0.146. The van der Waals surface area contributed by atoms with Gasteiger partial charge in [0.05, 0.1) is 13.2 Å². The van der Waals surface area contributed by atoms with Crippen molar-refractivity contribution in [1.29, 1.82) is 5.26 Å². The average molecular weight is 214 g/mol. The lowest BCUT2D eigenvalue weighted by atomic mass is 9.99. The number of methoxy groups -OCH3 is 1. The van der Waals surface area contributed by atoms with Crippen molar-refractivity contribution >= 4 is 11.9 Å². The van der Waals surface area contributed by atoms with Crippen molar-refractivity contribution in [2.24, 2.45) is 5.92 Å². The number of nitrogens with zero attached hydrogens (tertiary/aromatic N) is 1. The number of hydrogen-bond acceptors (Lipinski definition) is 5. The van der Waals surface area contributed by atoms with E-state index in [9.17, 15) is 9.59 Å². The van der Waals surface area contributed by atoms with E-state index >= 15 is 0 Å². The molecule has 2 atom stereocenters. The third-order valence-corrected chi connectivity index (χ3v) is 1.90. The lowest BCUT2D eigenvalue weighted by Gasteiger charge is -2.20. The number of aliphatic hydroxyl groups excluding tert-OH is 1. The molecule has 0 radical (unpaired) electrons. The van der Waals surface area contributed by atoms with Gasteiger partial charge in [-0.1, -0.05) is 6.92 Å². The van der Waals surface area contributed by atoms with Gasteiger partial charge in [0.15, 0.2) is 0 Å². The second kappa shape index (κ2) is 6.79. The van der Waals surface area contributed by atoms with E-state index in [1.54, 1.807) is 6.92 Å². The third kappa shape index (κ3) is 4.42. The number of hydrogen-bond donors (Lipinski definition) is 2. The topological polar surface area (TPSA) is 99.4 Å². The van der Waals surface area contributed by atoms with Crippen LogP contribution in [0.15, 0.2) is 0 Å². The van der Waals surface area contributed by atoms with Crippen LogP contribution in [-0.2, 0) is 14.3 Å². The normalized spacial score (nSPS) is 13.5. The molecule has 0 spiro atoms. The summed E-state index contributed by atoms with van der Waals surface area (Å²) in [6, 6.07) is 1.00. The van der Waals surface area contributed by atoms with Crippen molar-refractivity contribution in [3.8, 4) is 6.07 Å². The molecule has 15 heavy (non-hydrogen) atoms. The van der Waals surface area contributed by atoms with Gasteiger partial charge in [-0.15, -0.1) is 0 Å². The van der Waals surface area contributed by atoms with E-state index in [1.165, 1.54) is 7.11 Å². The van der Waals surface area contributed by atoms with Gasteiger partial charge in [0.2, 0.25) is 5.91 Å². The monoisotopic (exact) mass is 214 g/mol. The second-order valence-corrected chi connectivity index (χ2v) is 3.07. The van der Waals surface area contributed by atoms with Crippen molar-refractivity contribution in [3.63, 3.8) is 0 Å². The highest BCUT2D eigenvalue weighted by Crippen LogP contribution is 2.08. The molecule has 6 nitrogen and oxygen atoms in total. The highest BCUT2D eigenvalue weighted by molar-refractivity contribution is 5.85. The summed E-state index contributed by atoms with van der Waals surface area (Å²) >= 11 is 0. The van der Waals surface area contributed by atoms with Crippen LogP contribution < -0.4 is 5.32 Å². The molecule has 0 aliphatic heterocycles. The minimum absolute atomic E-state index is 0.117. The van der Waals surface area contributed by atoms with Crippen LogP contribution in [0.4, 0.5) is 0 Å². The number of nitrogens with one attached hydrogen (secondary N) is 1. The first-order chi connectivity index (χ1) is 7.06. The average Bonchev–Trinajstić information content (AvgIpc) is 2.24. The Morgan fingerprint density at radius 3 is 2.60 bits per heavy atom. The van der Waals surface area contributed by atoms with E-state index in [0.717, 1.165) is 0 Å². The molecule has 0 aromatic heterocycles. The molecule has 0 heterocycles. The first-order valence-electron chi connectivity index (χ1n) is 4.41. The van der Waals surface area contributed by atoms with Crippen molar-refractivity contribution in [1.82, 2.24) is 5.32 Å². The van der Waals surface area contributed by atoms with Crippen LogP contribution in [0, 0.1) is 17.2 Å². The zero-order chi connectivity index (χ0) is 11.8. The molecule has 0 bridgehead atoms. The summed E-state index contributed by atoms with van der Waals surface area (Å²) in [5.41, 5.74) is 0. The highest BCUT2D eigenvalue weighted by Gasteiger charge is 2.27. The Bertz CT molecular complexity index is 272. The van der Waals surface area contributed by atoms with Gasteiger partial charge >= 0.3 is 5.97 Å². The van der Waals surface area contributed by atoms with Gasteiger partial charge in [0, 0.05) is 12.3 Å².